The van der Waals surface area contributed by atoms with E-state index in [2.05, 4.69) is 4.98 Å². The van der Waals surface area contributed by atoms with Crippen LogP contribution < -0.4 is 4.74 Å². The van der Waals surface area contributed by atoms with Crippen molar-refractivity contribution in [2.45, 2.75) is 12.6 Å². The van der Waals surface area contributed by atoms with E-state index in [-0.39, 0.29) is 29.4 Å². The van der Waals surface area contributed by atoms with Crippen molar-refractivity contribution in [1.82, 2.24) is 9.88 Å². The van der Waals surface area contributed by atoms with Crippen molar-refractivity contribution >= 4 is 22.7 Å². The number of amides is 1. The number of aromatic hydroxyl groups is 1. The zero-order valence-corrected chi connectivity index (χ0v) is 18.1. The third-order valence-electron chi connectivity index (χ3n) is 5.82. The lowest BCUT2D eigenvalue weighted by Gasteiger charge is -2.27. The number of phenolic OH excluding ortho intramolecular Hbond substituents is 1. The van der Waals surface area contributed by atoms with Crippen molar-refractivity contribution in [2.24, 2.45) is 0 Å². The molecular formula is C26H20N2O6. The number of hydrogen-bond donors (Lipinski definition) is 2. The number of carbonyl (C=O) groups excluding carboxylic acids is 2. The Kier molecular flexibility index (Phi) is 5.25. The van der Waals surface area contributed by atoms with Crippen LogP contribution in [0.25, 0.3) is 11.0 Å². The first-order chi connectivity index (χ1) is 16.5. The van der Waals surface area contributed by atoms with Crippen LogP contribution in [-0.4, -0.2) is 38.9 Å². The largest absolute Gasteiger partial charge is 0.504 e. The molecule has 0 bridgehead atoms. The molecule has 1 unspecified atom stereocenters. The average molecular weight is 456 g/mol. The van der Waals surface area contributed by atoms with Crippen molar-refractivity contribution in [3.8, 4) is 11.5 Å². The van der Waals surface area contributed by atoms with Gasteiger partial charge in [-0.05, 0) is 47.5 Å². The molecule has 0 aliphatic carbocycles. The van der Waals surface area contributed by atoms with E-state index in [1.54, 1.807) is 48.8 Å². The van der Waals surface area contributed by atoms with Gasteiger partial charge in [0.1, 0.15) is 5.58 Å². The number of ether oxygens (including phenoxy) is 1. The van der Waals surface area contributed by atoms with E-state index < -0.39 is 23.5 Å². The normalized spacial score (nSPS) is 15.9. The SMILES string of the molecule is COc1cc(C2C(C(=O)c3cc4ccccc4o3)=C(O)C(=O)N2Cc2ccncc2)ccc1O. The molecule has 0 spiro atoms. The van der Waals surface area contributed by atoms with E-state index in [9.17, 15) is 19.8 Å². The van der Waals surface area contributed by atoms with Crippen LogP contribution in [0.5, 0.6) is 11.5 Å². The second kappa shape index (κ2) is 8.40. The number of para-hydroxylation sites is 1. The van der Waals surface area contributed by atoms with Gasteiger partial charge in [0.05, 0.1) is 18.7 Å². The fourth-order valence-corrected chi connectivity index (χ4v) is 4.17. The molecule has 0 radical (unpaired) electrons. The number of ketones is 1. The summed E-state index contributed by atoms with van der Waals surface area (Å²) in [6.45, 7) is 0.121. The number of benzene rings is 2. The van der Waals surface area contributed by atoms with Crippen LogP contribution in [0.4, 0.5) is 0 Å². The molecule has 4 aromatic rings. The highest BCUT2D eigenvalue weighted by molar-refractivity contribution is 6.16. The van der Waals surface area contributed by atoms with Crippen molar-refractivity contribution in [3.63, 3.8) is 0 Å². The highest BCUT2D eigenvalue weighted by Gasteiger charge is 2.44. The van der Waals surface area contributed by atoms with Gasteiger partial charge in [0.2, 0.25) is 5.78 Å². The molecule has 5 rings (SSSR count). The van der Waals surface area contributed by atoms with Gasteiger partial charge in [-0.15, -0.1) is 0 Å². The van der Waals surface area contributed by atoms with Gasteiger partial charge >= 0.3 is 0 Å². The zero-order chi connectivity index (χ0) is 23.8. The molecule has 8 nitrogen and oxygen atoms in total. The minimum absolute atomic E-state index is 0.0112. The Labute approximate surface area is 194 Å². The van der Waals surface area contributed by atoms with Crippen LogP contribution >= 0.6 is 0 Å². The number of phenols is 1. The first-order valence-electron chi connectivity index (χ1n) is 10.5. The van der Waals surface area contributed by atoms with Crippen molar-refractivity contribution < 1.29 is 29.0 Å². The summed E-state index contributed by atoms with van der Waals surface area (Å²) < 4.78 is 11.0. The maximum absolute atomic E-state index is 13.6. The minimum Gasteiger partial charge on any atom is -0.504 e. The molecule has 170 valence electrons. The molecule has 0 saturated heterocycles. The topological polar surface area (TPSA) is 113 Å². The average Bonchev–Trinajstić information content (AvgIpc) is 3.40. The van der Waals surface area contributed by atoms with Gasteiger partial charge in [-0.2, -0.15) is 0 Å². The molecule has 1 atom stereocenters. The molecule has 2 aromatic heterocycles. The lowest BCUT2D eigenvalue weighted by molar-refractivity contribution is -0.130. The van der Waals surface area contributed by atoms with E-state index in [4.69, 9.17) is 9.15 Å². The van der Waals surface area contributed by atoms with Crippen molar-refractivity contribution in [2.75, 3.05) is 7.11 Å². The van der Waals surface area contributed by atoms with E-state index in [1.165, 1.54) is 24.1 Å². The van der Waals surface area contributed by atoms with Gasteiger partial charge < -0.3 is 24.3 Å². The Balaban J connectivity index is 1.63. The maximum atomic E-state index is 13.6. The molecule has 34 heavy (non-hydrogen) atoms. The van der Waals surface area contributed by atoms with Gasteiger partial charge in [-0.25, -0.2) is 0 Å². The monoisotopic (exact) mass is 456 g/mol. The minimum atomic E-state index is -0.934. The number of aliphatic hydroxyl groups excluding tert-OH is 1. The molecular weight excluding hydrogens is 436 g/mol. The maximum Gasteiger partial charge on any atom is 0.290 e. The number of fused-ring (bicyclic) bond motifs is 1. The summed E-state index contributed by atoms with van der Waals surface area (Å²) in [4.78, 5) is 32.2. The Morgan fingerprint density at radius 2 is 1.85 bits per heavy atom. The fraction of sp³-hybridized carbons (Fsp3) is 0.115. The summed E-state index contributed by atoms with van der Waals surface area (Å²) in [5.74, 6) is -1.83. The third kappa shape index (κ3) is 3.55. The third-order valence-corrected chi connectivity index (χ3v) is 5.82. The number of aliphatic hydroxyl groups is 1. The Morgan fingerprint density at radius 1 is 1.09 bits per heavy atom. The molecule has 1 aliphatic rings. The number of pyridine rings is 1. The number of nitrogens with zero attached hydrogens (tertiary/aromatic N) is 2. The van der Waals surface area contributed by atoms with Crippen molar-refractivity contribution in [1.29, 1.82) is 0 Å². The lowest BCUT2D eigenvalue weighted by Crippen LogP contribution is -2.30. The number of carbonyl (C=O) groups is 2. The molecule has 0 saturated carbocycles. The van der Waals surface area contributed by atoms with Crippen LogP contribution in [0.15, 0.2) is 88.8 Å². The fourth-order valence-electron chi connectivity index (χ4n) is 4.17. The van der Waals surface area contributed by atoms with Gasteiger partial charge in [0.15, 0.2) is 23.0 Å². The number of rotatable bonds is 6. The van der Waals surface area contributed by atoms with Crippen LogP contribution in [-0.2, 0) is 11.3 Å². The Hall–Kier alpha value is -4.59. The number of hydrogen-bond acceptors (Lipinski definition) is 7. The smallest absolute Gasteiger partial charge is 0.290 e. The lowest BCUT2D eigenvalue weighted by atomic mass is 9.94. The van der Waals surface area contributed by atoms with Crippen LogP contribution in [0.3, 0.4) is 0 Å². The summed E-state index contributed by atoms with van der Waals surface area (Å²) in [6, 6.07) is 15.8. The standard InChI is InChI=1S/C26H20N2O6/c1-33-20-13-17(6-7-18(20)29)23-22(24(30)21-12-16-4-2-3-5-19(16)34-21)25(31)26(32)28(23)14-15-8-10-27-11-9-15/h2-13,23,29,31H,14H2,1H3. The molecule has 2 aromatic carbocycles. The van der Waals surface area contributed by atoms with Gasteiger partial charge in [0.25, 0.3) is 5.91 Å². The van der Waals surface area contributed by atoms with Gasteiger partial charge in [-0.3, -0.25) is 14.6 Å². The molecule has 2 N–H and O–H groups in total. The highest BCUT2D eigenvalue weighted by Crippen LogP contribution is 2.42. The van der Waals surface area contributed by atoms with Crippen LogP contribution in [0.2, 0.25) is 0 Å². The number of methoxy groups -OCH3 is 1. The predicted molar refractivity (Wildman–Crippen MR) is 122 cm³/mol. The van der Waals surface area contributed by atoms with Gasteiger partial charge in [-0.1, -0.05) is 24.3 Å². The molecule has 1 aliphatic heterocycles. The van der Waals surface area contributed by atoms with E-state index in [1.807, 2.05) is 12.1 Å². The highest BCUT2D eigenvalue weighted by atomic mass is 16.5. The summed E-state index contributed by atoms with van der Waals surface area (Å²) in [7, 11) is 1.40. The van der Waals surface area contributed by atoms with E-state index in [0.717, 1.165) is 10.9 Å². The summed E-state index contributed by atoms with van der Waals surface area (Å²) in [6.07, 6.45) is 3.20. The Bertz CT molecular complexity index is 1410. The molecule has 3 heterocycles. The molecule has 1 amide bonds. The van der Waals surface area contributed by atoms with Crippen LogP contribution in [0.1, 0.15) is 27.7 Å². The first kappa shape index (κ1) is 21.3. The number of furan rings is 1. The number of aromatic nitrogens is 1. The quantitative estimate of drug-likeness (QED) is 0.416. The summed E-state index contributed by atoms with van der Waals surface area (Å²) in [5, 5.41) is 21.6. The molecule has 0 fully saturated rings. The first-order valence-corrected chi connectivity index (χ1v) is 10.5. The number of Topliss-reactive ketones (excluding diaryl/α,β-unsaturated/α-hetero) is 1. The summed E-state index contributed by atoms with van der Waals surface area (Å²) in [5.41, 5.74) is 1.67. The van der Waals surface area contributed by atoms with E-state index in [0.29, 0.717) is 11.1 Å². The second-order valence-corrected chi connectivity index (χ2v) is 7.86. The van der Waals surface area contributed by atoms with Crippen molar-refractivity contribution in [3.05, 3.63) is 101 Å². The Morgan fingerprint density at radius 3 is 2.59 bits per heavy atom. The van der Waals surface area contributed by atoms with Crippen LogP contribution in [0, 0.1) is 0 Å². The van der Waals surface area contributed by atoms with Gasteiger partial charge in [0, 0.05) is 24.3 Å². The zero-order valence-electron chi connectivity index (χ0n) is 18.1. The predicted octanol–water partition coefficient (Wildman–Crippen LogP) is 4.32. The molecule has 8 heteroatoms. The second-order valence-electron chi connectivity index (χ2n) is 7.86. The van der Waals surface area contributed by atoms with E-state index >= 15 is 0 Å². The summed E-state index contributed by atoms with van der Waals surface area (Å²) >= 11 is 0.